The number of methoxy groups -OCH3 is 2. The largest absolute Gasteiger partial charge is 0.497 e. The van der Waals surface area contributed by atoms with Crippen LogP contribution < -0.4 is 4.74 Å². The Morgan fingerprint density at radius 3 is 2.56 bits per heavy atom. The van der Waals surface area contributed by atoms with Crippen molar-refractivity contribution in [1.82, 2.24) is 0 Å². The van der Waals surface area contributed by atoms with Crippen LogP contribution in [0.1, 0.15) is 51.8 Å². The first-order valence-corrected chi connectivity index (χ1v) is 8.91. The molecule has 0 radical (unpaired) electrons. The monoisotopic (exact) mass is 366 g/mol. The zero-order valence-corrected chi connectivity index (χ0v) is 15.7. The number of hydrogen-bond acceptors (Lipinski definition) is 5. The van der Waals surface area contributed by atoms with Gasteiger partial charge in [-0.2, -0.15) is 0 Å². The number of ether oxygens (including phenoxy) is 2. The molecular weight excluding hydrogens is 344 g/mol. The smallest absolute Gasteiger partial charge is 0.337 e. The summed E-state index contributed by atoms with van der Waals surface area (Å²) in [5.41, 5.74) is 1.98. The van der Waals surface area contributed by atoms with Crippen molar-refractivity contribution in [2.75, 3.05) is 14.2 Å². The fourth-order valence-corrected chi connectivity index (χ4v) is 3.06. The summed E-state index contributed by atoms with van der Waals surface area (Å²) >= 11 is 0. The highest BCUT2D eigenvalue weighted by molar-refractivity contribution is 6.17. The van der Waals surface area contributed by atoms with Crippen molar-refractivity contribution >= 4 is 22.7 Å². The minimum Gasteiger partial charge on any atom is -0.497 e. The van der Waals surface area contributed by atoms with Gasteiger partial charge in [-0.25, -0.2) is 4.79 Å². The quantitative estimate of drug-likeness (QED) is 0.444. The normalized spacial score (nSPS) is 10.8. The lowest BCUT2D eigenvalue weighted by Crippen LogP contribution is -2.05. The molecule has 5 nitrogen and oxygen atoms in total. The summed E-state index contributed by atoms with van der Waals surface area (Å²) in [7, 11) is 2.89. The highest BCUT2D eigenvalue weighted by Crippen LogP contribution is 2.31. The molecule has 0 aliphatic carbocycles. The molecule has 3 rings (SSSR count). The number of esters is 1. The van der Waals surface area contributed by atoms with Gasteiger partial charge in [0.25, 0.3) is 0 Å². The van der Waals surface area contributed by atoms with Crippen molar-refractivity contribution in [3.63, 3.8) is 0 Å². The second-order valence-corrected chi connectivity index (χ2v) is 6.27. The van der Waals surface area contributed by atoms with Crippen molar-refractivity contribution in [3.05, 3.63) is 64.9 Å². The molecule has 0 atom stereocenters. The molecule has 5 heteroatoms. The van der Waals surface area contributed by atoms with E-state index in [-0.39, 0.29) is 5.78 Å². The zero-order valence-electron chi connectivity index (χ0n) is 15.7. The van der Waals surface area contributed by atoms with E-state index < -0.39 is 5.97 Å². The zero-order chi connectivity index (χ0) is 19.4. The maximum absolute atomic E-state index is 13.3. The molecule has 0 unspecified atom stereocenters. The predicted octanol–water partition coefficient (Wildman–Crippen LogP) is 4.80. The second-order valence-electron chi connectivity index (χ2n) is 6.27. The van der Waals surface area contributed by atoms with Crippen LogP contribution in [0.5, 0.6) is 5.75 Å². The average Bonchev–Trinajstić information content (AvgIpc) is 3.08. The van der Waals surface area contributed by atoms with Crippen LogP contribution in [0.4, 0.5) is 0 Å². The van der Waals surface area contributed by atoms with E-state index in [1.165, 1.54) is 7.11 Å². The van der Waals surface area contributed by atoms with Crippen LogP contribution in [-0.4, -0.2) is 26.0 Å². The van der Waals surface area contributed by atoms with Crippen LogP contribution in [0.3, 0.4) is 0 Å². The van der Waals surface area contributed by atoms with E-state index in [9.17, 15) is 9.59 Å². The number of benzene rings is 2. The SMILES string of the molecule is CCCCc1oc2ccc(C(=O)OC)cc2c1C(=O)c1cccc(OC)c1. The molecule has 0 amide bonds. The summed E-state index contributed by atoms with van der Waals surface area (Å²) in [4.78, 5) is 25.2. The highest BCUT2D eigenvalue weighted by atomic mass is 16.5. The molecule has 140 valence electrons. The molecule has 0 bridgehead atoms. The molecule has 0 saturated heterocycles. The van der Waals surface area contributed by atoms with E-state index in [0.717, 1.165) is 12.8 Å². The Bertz CT molecular complexity index is 984. The average molecular weight is 366 g/mol. The van der Waals surface area contributed by atoms with Crippen LogP contribution in [0.2, 0.25) is 0 Å². The van der Waals surface area contributed by atoms with Gasteiger partial charge < -0.3 is 13.9 Å². The van der Waals surface area contributed by atoms with E-state index >= 15 is 0 Å². The minimum atomic E-state index is -0.451. The number of hydrogen-bond donors (Lipinski definition) is 0. The van der Waals surface area contributed by atoms with Gasteiger partial charge >= 0.3 is 5.97 Å². The molecule has 1 heterocycles. The first-order valence-electron chi connectivity index (χ1n) is 8.91. The maximum Gasteiger partial charge on any atom is 0.337 e. The molecule has 0 aliphatic heterocycles. The van der Waals surface area contributed by atoms with Gasteiger partial charge in [-0.3, -0.25) is 4.79 Å². The Hall–Kier alpha value is -3.08. The number of fused-ring (bicyclic) bond motifs is 1. The summed E-state index contributed by atoms with van der Waals surface area (Å²) in [5, 5.41) is 0.622. The van der Waals surface area contributed by atoms with Crippen molar-refractivity contribution in [1.29, 1.82) is 0 Å². The van der Waals surface area contributed by atoms with E-state index in [2.05, 4.69) is 6.92 Å². The summed E-state index contributed by atoms with van der Waals surface area (Å²) in [6.45, 7) is 2.08. The number of aryl methyl sites for hydroxylation is 1. The number of carbonyl (C=O) groups is 2. The van der Waals surface area contributed by atoms with Gasteiger partial charge in [0.15, 0.2) is 5.78 Å². The first kappa shape index (κ1) is 18.7. The summed E-state index contributed by atoms with van der Waals surface area (Å²) in [5.74, 6) is 0.648. The van der Waals surface area contributed by atoms with E-state index in [1.807, 2.05) is 0 Å². The standard InChI is InChI=1S/C22H22O5/c1-4-5-9-19-20(21(23)14-7-6-8-16(12-14)25-2)17-13-15(22(24)26-3)10-11-18(17)27-19/h6-8,10-13H,4-5,9H2,1-3H3. The second kappa shape index (κ2) is 8.08. The molecule has 0 spiro atoms. The van der Waals surface area contributed by atoms with Crippen LogP contribution in [0.25, 0.3) is 11.0 Å². The van der Waals surface area contributed by atoms with Gasteiger partial charge in [0.1, 0.15) is 17.1 Å². The lowest BCUT2D eigenvalue weighted by atomic mass is 9.97. The first-order chi connectivity index (χ1) is 13.1. The number of carbonyl (C=O) groups excluding carboxylic acids is 2. The van der Waals surface area contributed by atoms with Gasteiger partial charge in [0.2, 0.25) is 0 Å². The third-order valence-corrected chi connectivity index (χ3v) is 4.50. The van der Waals surface area contributed by atoms with Gasteiger partial charge in [-0.05, 0) is 36.8 Å². The van der Waals surface area contributed by atoms with E-state index in [1.54, 1.807) is 49.6 Å². The molecule has 2 aromatic carbocycles. The topological polar surface area (TPSA) is 65.7 Å². The summed E-state index contributed by atoms with van der Waals surface area (Å²) < 4.78 is 16.0. The van der Waals surface area contributed by atoms with Gasteiger partial charge in [0.05, 0.1) is 25.3 Å². The van der Waals surface area contributed by atoms with Crippen molar-refractivity contribution < 1.29 is 23.5 Å². The number of furan rings is 1. The molecule has 0 aliphatic rings. The Labute approximate surface area is 157 Å². The molecular formula is C22H22O5. The van der Waals surface area contributed by atoms with E-state index in [0.29, 0.717) is 45.6 Å². The predicted molar refractivity (Wildman–Crippen MR) is 103 cm³/mol. The molecule has 3 aromatic rings. The van der Waals surface area contributed by atoms with Gasteiger partial charge in [-0.1, -0.05) is 25.5 Å². The number of rotatable bonds is 7. The molecule has 0 N–H and O–H groups in total. The molecule has 1 aromatic heterocycles. The Morgan fingerprint density at radius 1 is 1.04 bits per heavy atom. The number of unbranched alkanes of at least 4 members (excludes halogenated alkanes) is 1. The highest BCUT2D eigenvalue weighted by Gasteiger charge is 2.23. The van der Waals surface area contributed by atoms with Gasteiger partial charge in [0, 0.05) is 17.4 Å². The summed E-state index contributed by atoms with van der Waals surface area (Å²) in [6.07, 6.45) is 2.54. The number of ketones is 1. The molecule has 0 saturated carbocycles. The van der Waals surface area contributed by atoms with Crippen LogP contribution in [0.15, 0.2) is 46.9 Å². The lowest BCUT2D eigenvalue weighted by molar-refractivity contribution is 0.0600. The minimum absolute atomic E-state index is 0.152. The third-order valence-electron chi connectivity index (χ3n) is 4.50. The fraction of sp³-hybridized carbons (Fsp3) is 0.273. The van der Waals surface area contributed by atoms with Crippen LogP contribution >= 0.6 is 0 Å². The van der Waals surface area contributed by atoms with Crippen LogP contribution in [0, 0.1) is 0 Å². The summed E-state index contributed by atoms with van der Waals surface area (Å²) in [6, 6.07) is 12.0. The maximum atomic E-state index is 13.3. The van der Waals surface area contributed by atoms with Crippen LogP contribution in [-0.2, 0) is 11.2 Å². The van der Waals surface area contributed by atoms with Crippen molar-refractivity contribution in [2.45, 2.75) is 26.2 Å². The Kier molecular flexibility index (Phi) is 5.60. The van der Waals surface area contributed by atoms with Crippen molar-refractivity contribution in [3.8, 4) is 5.75 Å². The Balaban J connectivity index is 2.16. The molecule has 27 heavy (non-hydrogen) atoms. The fourth-order valence-electron chi connectivity index (χ4n) is 3.06. The lowest BCUT2D eigenvalue weighted by Gasteiger charge is -2.05. The third kappa shape index (κ3) is 3.72. The van der Waals surface area contributed by atoms with Gasteiger partial charge in [-0.15, -0.1) is 0 Å². The molecule has 0 fully saturated rings. The van der Waals surface area contributed by atoms with E-state index in [4.69, 9.17) is 13.9 Å². The Morgan fingerprint density at radius 2 is 1.85 bits per heavy atom. The van der Waals surface area contributed by atoms with Crippen molar-refractivity contribution in [2.24, 2.45) is 0 Å².